The topological polar surface area (TPSA) is 56.9 Å². The molecule has 7 heteroatoms. The van der Waals surface area contributed by atoms with E-state index in [9.17, 15) is 0 Å². The lowest BCUT2D eigenvalue weighted by molar-refractivity contribution is -0.0414. The summed E-state index contributed by atoms with van der Waals surface area (Å²) in [6, 6.07) is 9.83. The van der Waals surface area contributed by atoms with Gasteiger partial charge in [0.2, 0.25) is 4.77 Å². The molecular weight excluding hydrogens is 298 g/mol. The summed E-state index contributed by atoms with van der Waals surface area (Å²) >= 11 is 5.36. The van der Waals surface area contributed by atoms with Crippen LogP contribution in [0.1, 0.15) is 31.1 Å². The Bertz CT molecular complexity index is 722. The highest BCUT2D eigenvalue weighted by molar-refractivity contribution is 7.71. The largest absolute Gasteiger partial charge is 0.356 e. The molecule has 2 heterocycles. The molecule has 1 unspecified atom stereocenters. The van der Waals surface area contributed by atoms with Crippen molar-refractivity contribution in [1.29, 1.82) is 0 Å². The van der Waals surface area contributed by atoms with Crippen LogP contribution in [0, 0.1) is 16.6 Å². The number of tetrazole rings is 1. The Hall–Kier alpha value is -2.17. The second-order valence-corrected chi connectivity index (χ2v) is 5.31. The van der Waals surface area contributed by atoms with Crippen molar-refractivity contribution in [1.82, 2.24) is 19.9 Å². The Labute approximate surface area is 134 Å². The molecule has 0 spiro atoms. The van der Waals surface area contributed by atoms with Gasteiger partial charge in [0.05, 0.1) is 6.54 Å². The number of hydrogen-bond donors (Lipinski definition) is 1. The molecule has 0 amide bonds. The van der Waals surface area contributed by atoms with Crippen LogP contribution in [0.15, 0.2) is 30.3 Å². The number of nitrogens with one attached hydrogen (secondary N) is 1. The van der Waals surface area contributed by atoms with Gasteiger partial charge in [0, 0.05) is 12.2 Å². The molecule has 22 heavy (non-hydrogen) atoms. The molecule has 0 radical (unpaired) electrons. The maximum atomic E-state index is 5.67. The van der Waals surface area contributed by atoms with Crippen molar-refractivity contribution < 1.29 is 4.74 Å². The zero-order valence-corrected chi connectivity index (χ0v) is 12.9. The molecule has 1 fully saturated rings. The first kappa shape index (κ1) is 14.8. The SMILES string of the molecule is S=c1n(NCC#Cc2ccccc2)nnn1C1CCCCO1. The number of hydrogen-bond acceptors (Lipinski definition) is 5. The lowest BCUT2D eigenvalue weighted by atomic mass is 10.2. The minimum Gasteiger partial charge on any atom is -0.356 e. The number of nitrogens with zero attached hydrogens (tertiary/aromatic N) is 4. The van der Waals surface area contributed by atoms with Crippen LogP contribution in [-0.4, -0.2) is 33.1 Å². The molecule has 1 saturated heterocycles. The summed E-state index contributed by atoms with van der Waals surface area (Å²) in [5.41, 5.74) is 4.01. The average Bonchev–Trinajstić information content (AvgIpc) is 2.94. The van der Waals surface area contributed by atoms with Crippen molar-refractivity contribution in [3.05, 3.63) is 40.7 Å². The Balaban J connectivity index is 1.61. The van der Waals surface area contributed by atoms with E-state index in [1.54, 1.807) is 4.68 Å². The van der Waals surface area contributed by atoms with E-state index in [1.165, 1.54) is 4.79 Å². The first-order valence-electron chi connectivity index (χ1n) is 7.28. The van der Waals surface area contributed by atoms with Gasteiger partial charge >= 0.3 is 0 Å². The summed E-state index contributed by atoms with van der Waals surface area (Å²) < 4.78 is 7.81. The summed E-state index contributed by atoms with van der Waals surface area (Å²) in [6.07, 6.45) is 3.02. The quantitative estimate of drug-likeness (QED) is 0.694. The van der Waals surface area contributed by atoms with E-state index in [1.807, 2.05) is 30.3 Å². The number of benzene rings is 1. The second-order valence-electron chi connectivity index (χ2n) is 4.94. The third-order valence-corrected chi connectivity index (χ3v) is 3.72. The summed E-state index contributed by atoms with van der Waals surface area (Å²) in [5.74, 6) is 6.09. The van der Waals surface area contributed by atoms with Gasteiger partial charge in [0.1, 0.15) is 0 Å². The van der Waals surface area contributed by atoms with Crippen molar-refractivity contribution in [2.24, 2.45) is 0 Å². The van der Waals surface area contributed by atoms with E-state index in [4.69, 9.17) is 17.0 Å². The van der Waals surface area contributed by atoms with Gasteiger partial charge in [0.15, 0.2) is 6.23 Å². The van der Waals surface area contributed by atoms with Crippen LogP contribution in [0.4, 0.5) is 0 Å². The molecule has 6 nitrogen and oxygen atoms in total. The van der Waals surface area contributed by atoms with Crippen LogP contribution < -0.4 is 5.43 Å². The molecule has 1 N–H and O–H groups in total. The zero-order chi connectivity index (χ0) is 15.2. The predicted molar refractivity (Wildman–Crippen MR) is 85.2 cm³/mol. The predicted octanol–water partition coefficient (Wildman–Crippen LogP) is 2.10. The van der Waals surface area contributed by atoms with Gasteiger partial charge in [-0.3, -0.25) is 5.43 Å². The molecule has 1 aliphatic heterocycles. The van der Waals surface area contributed by atoms with E-state index >= 15 is 0 Å². The standard InChI is InChI=1S/C15H17N5OS/c22-15-19(14-10-4-5-12-21-14)17-18-20(15)16-11-6-9-13-7-2-1-3-8-13/h1-3,7-8,14,16H,4-5,10-12H2. The van der Waals surface area contributed by atoms with Gasteiger partial charge in [0.25, 0.3) is 0 Å². The monoisotopic (exact) mass is 315 g/mol. The fraction of sp³-hybridized carbons (Fsp3) is 0.400. The number of aromatic nitrogens is 4. The minimum atomic E-state index is -0.104. The third-order valence-electron chi connectivity index (χ3n) is 3.36. The van der Waals surface area contributed by atoms with Crippen molar-refractivity contribution in [2.75, 3.05) is 18.6 Å². The summed E-state index contributed by atoms with van der Waals surface area (Å²) in [4.78, 5) is 1.47. The van der Waals surface area contributed by atoms with Crippen LogP contribution in [0.2, 0.25) is 0 Å². The van der Waals surface area contributed by atoms with Crippen LogP contribution in [-0.2, 0) is 4.74 Å². The Morgan fingerprint density at radius 1 is 1.27 bits per heavy atom. The molecule has 0 aliphatic carbocycles. The molecule has 0 bridgehead atoms. The molecule has 1 atom stereocenters. The Morgan fingerprint density at radius 2 is 2.14 bits per heavy atom. The lowest BCUT2D eigenvalue weighted by Crippen LogP contribution is -2.21. The molecule has 114 valence electrons. The maximum absolute atomic E-state index is 5.67. The van der Waals surface area contributed by atoms with E-state index in [2.05, 4.69) is 27.7 Å². The highest BCUT2D eigenvalue weighted by Crippen LogP contribution is 2.21. The van der Waals surface area contributed by atoms with Gasteiger partial charge in [-0.15, -0.1) is 4.79 Å². The third kappa shape index (κ3) is 3.53. The smallest absolute Gasteiger partial charge is 0.239 e. The summed E-state index contributed by atoms with van der Waals surface area (Å²) in [5, 5.41) is 8.07. The molecule has 1 aromatic heterocycles. The van der Waals surface area contributed by atoms with Crippen LogP contribution in [0.5, 0.6) is 0 Å². The number of rotatable bonds is 3. The second kappa shape index (κ2) is 7.20. The van der Waals surface area contributed by atoms with Gasteiger partial charge < -0.3 is 4.74 Å². The van der Waals surface area contributed by atoms with E-state index < -0.39 is 0 Å². The highest BCUT2D eigenvalue weighted by atomic mass is 32.1. The molecule has 0 saturated carbocycles. The average molecular weight is 315 g/mol. The van der Waals surface area contributed by atoms with Crippen molar-refractivity contribution in [3.8, 4) is 11.8 Å². The fourth-order valence-corrected chi connectivity index (χ4v) is 2.49. The molecule has 1 aliphatic rings. The van der Waals surface area contributed by atoms with E-state index in [0.717, 1.165) is 31.4 Å². The van der Waals surface area contributed by atoms with Crippen LogP contribution in [0.25, 0.3) is 0 Å². The summed E-state index contributed by atoms with van der Waals surface area (Å²) in [6.45, 7) is 1.18. The van der Waals surface area contributed by atoms with Crippen molar-refractivity contribution >= 4 is 12.2 Å². The van der Waals surface area contributed by atoms with Crippen molar-refractivity contribution in [3.63, 3.8) is 0 Å². The maximum Gasteiger partial charge on any atom is 0.239 e. The van der Waals surface area contributed by atoms with Crippen molar-refractivity contribution in [2.45, 2.75) is 25.5 Å². The zero-order valence-electron chi connectivity index (χ0n) is 12.1. The van der Waals surface area contributed by atoms with E-state index in [0.29, 0.717) is 11.3 Å². The first-order chi connectivity index (χ1) is 10.8. The normalized spacial score (nSPS) is 17.5. The highest BCUT2D eigenvalue weighted by Gasteiger charge is 2.18. The van der Waals surface area contributed by atoms with Gasteiger partial charge in [-0.05, 0) is 54.0 Å². The molecular formula is C15H17N5OS. The lowest BCUT2D eigenvalue weighted by Gasteiger charge is -2.21. The van der Waals surface area contributed by atoms with Gasteiger partial charge in [-0.1, -0.05) is 30.0 Å². The number of ether oxygens (including phenoxy) is 1. The van der Waals surface area contributed by atoms with Crippen LogP contribution >= 0.6 is 12.2 Å². The van der Waals surface area contributed by atoms with Gasteiger partial charge in [-0.25, -0.2) is 0 Å². The fourth-order valence-electron chi connectivity index (χ4n) is 2.24. The van der Waals surface area contributed by atoms with E-state index in [-0.39, 0.29) is 6.23 Å². The molecule has 2 aromatic rings. The Kier molecular flexibility index (Phi) is 4.83. The first-order valence-corrected chi connectivity index (χ1v) is 7.69. The minimum absolute atomic E-state index is 0.104. The van der Waals surface area contributed by atoms with Gasteiger partial charge in [-0.2, -0.15) is 4.68 Å². The summed E-state index contributed by atoms with van der Waals surface area (Å²) in [7, 11) is 0. The van der Waals surface area contributed by atoms with Crippen LogP contribution in [0.3, 0.4) is 0 Å². The Morgan fingerprint density at radius 3 is 2.91 bits per heavy atom. The molecule has 3 rings (SSSR count). The molecule has 1 aromatic carbocycles.